The molecule has 0 saturated heterocycles. The van der Waals surface area contributed by atoms with E-state index in [4.69, 9.17) is 14.2 Å². The fraction of sp³-hybridized carbons (Fsp3) is 0.188. The van der Waals surface area contributed by atoms with Crippen molar-refractivity contribution in [1.29, 1.82) is 0 Å². The Morgan fingerprint density at radius 1 is 0.953 bits per heavy atom. The predicted molar refractivity (Wildman–Crippen MR) is 156 cm³/mol. The molecule has 1 amide bonds. The van der Waals surface area contributed by atoms with E-state index in [9.17, 15) is 14.0 Å². The minimum atomic E-state index is -0.752. The zero-order chi connectivity index (χ0) is 30.1. The number of rotatable bonds is 7. The highest BCUT2D eigenvalue weighted by molar-refractivity contribution is 6.04. The summed E-state index contributed by atoms with van der Waals surface area (Å²) in [5, 5.41) is 2.62. The third kappa shape index (κ3) is 5.36. The summed E-state index contributed by atoms with van der Waals surface area (Å²) in [6.45, 7) is 0.641. The number of hydrogen-bond acceptors (Lipinski definition) is 7. The lowest BCUT2D eigenvalue weighted by molar-refractivity contribution is 0.102. The molecule has 218 valence electrons. The Morgan fingerprint density at radius 3 is 2.51 bits per heavy atom. The highest BCUT2D eigenvalue weighted by Crippen LogP contribution is 2.35. The van der Waals surface area contributed by atoms with Crippen molar-refractivity contribution in [1.82, 2.24) is 14.5 Å². The Balaban J connectivity index is 1.29. The predicted octanol–water partition coefficient (Wildman–Crippen LogP) is 6.13. The number of nitrogens with one attached hydrogen (secondary N) is 1. The monoisotopic (exact) mass is 584 g/mol. The number of anilines is 1. The Labute approximate surface area is 244 Å². The third-order valence-electron chi connectivity index (χ3n) is 7.26. The lowest BCUT2D eigenvalue weighted by Crippen LogP contribution is -2.28. The minimum Gasteiger partial charge on any atom is -0.491 e. The average Bonchev–Trinajstić information content (AvgIpc) is 3.02. The van der Waals surface area contributed by atoms with E-state index in [0.717, 1.165) is 24.6 Å². The second-order valence-electron chi connectivity index (χ2n) is 9.93. The quantitative estimate of drug-likeness (QED) is 0.245. The number of aromatic nitrogens is 3. The van der Waals surface area contributed by atoms with E-state index < -0.39 is 23.0 Å². The molecule has 0 radical (unpaired) electrons. The maximum atomic E-state index is 15.2. The molecule has 4 heterocycles. The van der Waals surface area contributed by atoms with E-state index in [-0.39, 0.29) is 28.6 Å². The van der Waals surface area contributed by atoms with E-state index in [0.29, 0.717) is 40.9 Å². The average molecular weight is 585 g/mol. The molecule has 0 aliphatic carbocycles. The number of nitrogens with zero attached hydrogens (tertiary/aromatic N) is 3. The molecule has 0 atom stereocenters. The van der Waals surface area contributed by atoms with Crippen LogP contribution in [0.5, 0.6) is 23.1 Å². The molecule has 1 aliphatic heterocycles. The topological polar surface area (TPSA) is 105 Å². The minimum absolute atomic E-state index is 0.0931. The first-order valence-corrected chi connectivity index (χ1v) is 13.5. The fourth-order valence-electron chi connectivity index (χ4n) is 5.19. The molecule has 5 aromatic rings. The summed E-state index contributed by atoms with van der Waals surface area (Å²) in [6, 6.07) is 12.7. The van der Waals surface area contributed by atoms with Crippen molar-refractivity contribution in [2.75, 3.05) is 19.5 Å². The van der Waals surface area contributed by atoms with E-state index in [2.05, 4.69) is 15.3 Å². The summed E-state index contributed by atoms with van der Waals surface area (Å²) < 4.78 is 47.1. The number of carbonyl (C=O) groups excluding carboxylic acids is 1. The van der Waals surface area contributed by atoms with Crippen LogP contribution in [0.2, 0.25) is 0 Å². The Kier molecular flexibility index (Phi) is 7.45. The molecular formula is C32H26F2N4O5. The molecule has 11 heteroatoms. The van der Waals surface area contributed by atoms with Gasteiger partial charge in [0, 0.05) is 54.1 Å². The van der Waals surface area contributed by atoms with Crippen molar-refractivity contribution in [3.63, 3.8) is 0 Å². The maximum absolute atomic E-state index is 15.2. The standard InChI is InChI=1S/C32H26F2N4O5/c1-41-27-16-23-29(37-32(27)42-2)26(12-13-35-23)43-25-11-10-20(15-22(25)34)36-31(40)21-17-38-14-4-3-5-24(38)28(30(21)39)18-6-8-19(33)9-7-18/h6-13,15-17H,3-5,14H2,1-2H3,(H,36,40). The number of ether oxygens (including phenoxy) is 3. The van der Waals surface area contributed by atoms with Gasteiger partial charge in [-0.25, -0.2) is 13.8 Å². The van der Waals surface area contributed by atoms with Gasteiger partial charge in [0.2, 0.25) is 5.43 Å². The number of halogens is 2. The van der Waals surface area contributed by atoms with Crippen LogP contribution in [0.25, 0.3) is 22.2 Å². The zero-order valence-corrected chi connectivity index (χ0v) is 23.3. The van der Waals surface area contributed by atoms with Crippen molar-refractivity contribution in [2.24, 2.45) is 0 Å². The smallest absolute Gasteiger partial charge is 0.261 e. The SMILES string of the molecule is COc1cc2nccc(Oc3ccc(NC(=O)c4cn5c(c(-c6ccc(F)cc6)c4=O)CCCC5)cc3F)c2nc1OC. The molecule has 0 spiro atoms. The van der Waals surface area contributed by atoms with Crippen LogP contribution in [0, 0.1) is 11.6 Å². The van der Waals surface area contributed by atoms with Gasteiger partial charge in [-0.2, -0.15) is 0 Å². The molecule has 43 heavy (non-hydrogen) atoms. The maximum Gasteiger partial charge on any atom is 0.261 e. The van der Waals surface area contributed by atoms with Crippen LogP contribution < -0.4 is 25.0 Å². The third-order valence-corrected chi connectivity index (χ3v) is 7.26. The summed E-state index contributed by atoms with van der Waals surface area (Å²) in [6.07, 6.45) is 5.50. The summed E-state index contributed by atoms with van der Waals surface area (Å²) in [5.74, 6) is -1.15. The first-order valence-electron chi connectivity index (χ1n) is 13.5. The van der Waals surface area contributed by atoms with Crippen LogP contribution in [0.1, 0.15) is 28.9 Å². The van der Waals surface area contributed by atoms with Crippen LogP contribution in [-0.2, 0) is 13.0 Å². The highest BCUT2D eigenvalue weighted by atomic mass is 19.1. The number of fused-ring (bicyclic) bond motifs is 2. The Morgan fingerprint density at radius 2 is 1.77 bits per heavy atom. The summed E-state index contributed by atoms with van der Waals surface area (Å²) in [5.41, 5.74) is 2.07. The van der Waals surface area contributed by atoms with Crippen LogP contribution in [0.3, 0.4) is 0 Å². The Bertz CT molecular complexity index is 1930. The second-order valence-corrected chi connectivity index (χ2v) is 9.93. The fourth-order valence-corrected chi connectivity index (χ4v) is 5.19. The van der Waals surface area contributed by atoms with E-state index in [1.54, 1.807) is 12.1 Å². The summed E-state index contributed by atoms with van der Waals surface area (Å²) in [4.78, 5) is 35.6. The van der Waals surface area contributed by atoms with Crippen LogP contribution >= 0.6 is 0 Å². The second kappa shape index (κ2) is 11.5. The van der Waals surface area contributed by atoms with Gasteiger partial charge in [-0.3, -0.25) is 14.6 Å². The molecule has 2 aromatic carbocycles. The van der Waals surface area contributed by atoms with Crippen LogP contribution in [0.15, 0.2) is 71.8 Å². The number of carbonyl (C=O) groups is 1. The molecule has 1 N–H and O–H groups in total. The number of hydrogen-bond donors (Lipinski definition) is 1. The number of aryl methyl sites for hydroxylation is 1. The normalized spacial score (nSPS) is 12.5. The molecule has 1 aliphatic rings. The number of amides is 1. The molecule has 0 bridgehead atoms. The van der Waals surface area contributed by atoms with Crippen molar-refractivity contribution in [2.45, 2.75) is 25.8 Å². The van der Waals surface area contributed by atoms with Gasteiger partial charge in [0.25, 0.3) is 11.8 Å². The summed E-state index contributed by atoms with van der Waals surface area (Å²) in [7, 11) is 2.93. The van der Waals surface area contributed by atoms with Crippen LogP contribution in [0.4, 0.5) is 14.5 Å². The number of benzene rings is 2. The van der Waals surface area contributed by atoms with Gasteiger partial charge in [-0.15, -0.1) is 0 Å². The van der Waals surface area contributed by atoms with Gasteiger partial charge in [0.15, 0.2) is 23.1 Å². The lowest BCUT2D eigenvalue weighted by atomic mass is 9.95. The number of methoxy groups -OCH3 is 2. The van der Waals surface area contributed by atoms with Crippen molar-refractivity contribution < 1.29 is 27.8 Å². The van der Waals surface area contributed by atoms with Crippen LogP contribution in [-0.4, -0.2) is 34.7 Å². The van der Waals surface area contributed by atoms with Crippen molar-refractivity contribution >= 4 is 22.6 Å². The van der Waals surface area contributed by atoms with Gasteiger partial charge < -0.3 is 24.1 Å². The largest absolute Gasteiger partial charge is 0.491 e. The summed E-state index contributed by atoms with van der Waals surface area (Å²) >= 11 is 0. The Hall–Kier alpha value is -5.32. The van der Waals surface area contributed by atoms with E-state index in [1.807, 2.05) is 4.57 Å². The molecule has 0 unspecified atom stereocenters. The van der Waals surface area contributed by atoms with Gasteiger partial charge in [0.1, 0.15) is 16.9 Å². The highest BCUT2D eigenvalue weighted by Gasteiger charge is 2.23. The first kappa shape index (κ1) is 27.8. The van der Waals surface area contributed by atoms with Gasteiger partial charge >= 0.3 is 0 Å². The van der Waals surface area contributed by atoms with Crippen molar-refractivity contribution in [3.8, 4) is 34.3 Å². The van der Waals surface area contributed by atoms with Gasteiger partial charge in [-0.1, -0.05) is 12.1 Å². The molecule has 3 aromatic heterocycles. The number of pyridine rings is 3. The van der Waals surface area contributed by atoms with E-state index >= 15 is 4.39 Å². The molecular weight excluding hydrogens is 558 g/mol. The lowest BCUT2D eigenvalue weighted by Gasteiger charge is -2.23. The molecule has 6 rings (SSSR count). The van der Waals surface area contributed by atoms with Gasteiger partial charge in [0.05, 0.1) is 19.7 Å². The molecule has 0 fully saturated rings. The molecule has 0 saturated carbocycles. The van der Waals surface area contributed by atoms with Crippen molar-refractivity contribution in [3.05, 3.63) is 100 Å². The zero-order valence-electron chi connectivity index (χ0n) is 23.3. The van der Waals surface area contributed by atoms with E-state index in [1.165, 1.54) is 63.0 Å². The first-order chi connectivity index (χ1) is 20.9. The molecule has 9 nitrogen and oxygen atoms in total. The van der Waals surface area contributed by atoms with Gasteiger partial charge in [-0.05, 0) is 49.1 Å².